The summed E-state index contributed by atoms with van der Waals surface area (Å²) in [5, 5.41) is 3.33. The van der Waals surface area contributed by atoms with E-state index in [1.54, 1.807) is 18.6 Å². The molecule has 0 radical (unpaired) electrons. The summed E-state index contributed by atoms with van der Waals surface area (Å²) in [5.41, 5.74) is 0.651. The van der Waals surface area contributed by atoms with Crippen LogP contribution in [0.15, 0.2) is 45.6 Å². The van der Waals surface area contributed by atoms with E-state index < -0.39 is 6.10 Å². The molecule has 0 spiro atoms. The fraction of sp³-hybridized carbons (Fsp3) is 0.250. The van der Waals surface area contributed by atoms with Crippen LogP contribution in [0.3, 0.4) is 0 Å². The van der Waals surface area contributed by atoms with E-state index in [-0.39, 0.29) is 5.91 Å². The van der Waals surface area contributed by atoms with Gasteiger partial charge in [-0.15, -0.1) is 0 Å². The number of carbonyl (C=O) groups is 1. The average Bonchev–Trinajstić information content (AvgIpc) is 3.30. The van der Waals surface area contributed by atoms with Gasteiger partial charge in [-0.2, -0.15) is 0 Å². The van der Waals surface area contributed by atoms with Crippen molar-refractivity contribution in [2.45, 2.75) is 18.9 Å². The summed E-state index contributed by atoms with van der Waals surface area (Å²) >= 11 is 1.35. The van der Waals surface area contributed by atoms with E-state index in [4.69, 9.17) is 13.6 Å². The van der Waals surface area contributed by atoms with E-state index in [2.05, 4.69) is 10.3 Å². The number of thiazole rings is 1. The first-order valence-corrected chi connectivity index (χ1v) is 8.14. The molecule has 0 unspecified atom stereocenters. The number of rotatable bonds is 4. The molecule has 7 heteroatoms. The summed E-state index contributed by atoms with van der Waals surface area (Å²) in [5.74, 6) is 1.16. The summed E-state index contributed by atoms with van der Waals surface area (Å²) in [6, 6.07) is 7.29. The highest BCUT2D eigenvalue weighted by molar-refractivity contribution is 7.19. The third-order valence-electron chi connectivity index (χ3n) is 3.58. The van der Waals surface area contributed by atoms with Gasteiger partial charge in [0.2, 0.25) is 0 Å². The lowest BCUT2D eigenvalue weighted by molar-refractivity contribution is -0.124. The van der Waals surface area contributed by atoms with Crippen molar-refractivity contribution in [1.82, 2.24) is 4.98 Å². The molecule has 23 heavy (non-hydrogen) atoms. The molecular formula is C16H14N2O4S. The Kier molecular flexibility index (Phi) is 3.72. The number of carbonyl (C=O) groups excluding carboxylic acids is 1. The van der Waals surface area contributed by atoms with Gasteiger partial charge in [-0.05, 0) is 37.1 Å². The van der Waals surface area contributed by atoms with Crippen LogP contribution >= 0.6 is 11.3 Å². The molecule has 1 saturated heterocycles. The molecule has 1 N–H and O–H groups in total. The number of furan rings is 2. The quantitative estimate of drug-likeness (QED) is 0.787. The van der Waals surface area contributed by atoms with Crippen LogP contribution in [0, 0.1) is 0 Å². The van der Waals surface area contributed by atoms with E-state index >= 15 is 0 Å². The number of hydrogen-bond acceptors (Lipinski definition) is 6. The molecule has 0 saturated carbocycles. The van der Waals surface area contributed by atoms with Crippen LogP contribution in [-0.4, -0.2) is 23.6 Å². The predicted molar refractivity (Wildman–Crippen MR) is 85.1 cm³/mol. The molecule has 0 aromatic carbocycles. The van der Waals surface area contributed by atoms with Gasteiger partial charge in [0.15, 0.2) is 10.9 Å². The molecular weight excluding hydrogens is 316 g/mol. The molecule has 1 aliphatic heterocycles. The Morgan fingerprint density at radius 3 is 2.65 bits per heavy atom. The molecule has 3 aromatic rings. The maximum absolute atomic E-state index is 12.2. The summed E-state index contributed by atoms with van der Waals surface area (Å²) in [4.78, 5) is 17.5. The Morgan fingerprint density at radius 2 is 2.00 bits per heavy atom. The molecule has 3 aromatic heterocycles. The second-order valence-corrected chi connectivity index (χ2v) is 6.14. The largest absolute Gasteiger partial charge is 0.463 e. The molecule has 6 nitrogen and oxygen atoms in total. The van der Waals surface area contributed by atoms with E-state index in [0.717, 1.165) is 17.7 Å². The second-order valence-electron chi connectivity index (χ2n) is 5.14. The number of amides is 1. The summed E-state index contributed by atoms with van der Waals surface area (Å²) in [7, 11) is 0. The van der Waals surface area contributed by atoms with Crippen molar-refractivity contribution in [3.63, 3.8) is 0 Å². The normalized spacial score (nSPS) is 17.5. The van der Waals surface area contributed by atoms with Gasteiger partial charge in [0, 0.05) is 6.61 Å². The number of anilines is 1. The Hall–Kier alpha value is -2.38. The molecule has 1 atom stereocenters. The van der Waals surface area contributed by atoms with Gasteiger partial charge in [-0.1, -0.05) is 11.3 Å². The first kappa shape index (κ1) is 14.2. The highest BCUT2D eigenvalue weighted by Gasteiger charge is 2.26. The number of ether oxygens (including phenoxy) is 1. The Morgan fingerprint density at radius 1 is 1.22 bits per heavy atom. The molecule has 1 amide bonds. The topological polar surface area (TPSA) is 77.5 Å². The molecule has 1 aliphatic rings. The van der Waals surface area contributed by atoms with E-state index in [0.29, 0.717) is 29.0 Å². The highest BCUT2D eigenvalue weighted by atomic mass is 32.1. The third kappa shape index (κ3) is 2.80. The lowest BCUT2D eigenvalue weighted by atomic mass is 10.2. The first-order valence-electron chi connectivity index (χ1n) is 7.32. The molecule has 118 valence electrons. The van der Waals surface area contributed by atoms with Crippen LogP contribution in [0.25, 0.3) is 22.1 Å². The third-order valence-corrected chi connectivity index (χ3v) is 4.56. The summed E-state index contributed by atoms with van der Waals surface area (Å²) in [6.45, 7) is 0.630. The van der Waals surface area contributed by atoms with Crippen LogP contribution < -0.4 is 5.32 Å². The lowest BCUT2D eigenvalue weighted by Gasteiger charge is -2.07. The molecule has 1 fully saturated rings. The van der Waals surface area contributed by atoms with Crippen LogP contribution in [0.4, 0.5) is 5.13 Å². The maximum atomic E-state index is 12.2. The van der Waals surface area contributed by atoms with Gasteiger partial charge in [0.05, 0.1) is 12.5 Å². The fourth-order valence-electron chi connectivity index (χ4n) is 2.50. The minimum atomic E-state index is -0.391. The Balaban J connectivity index is 1.66. The maximum Gasteiger partial charge on any atom is 0.255 e. The van der Waals surface area contributed by atoms with E-state index in [9.17, 15) is 4.79 Å². The van der Waals surface area contributed by atoms with Crippen molar-refractivity contribution in [3.05, 3.63) is 36.8 Å². The molecule has 0 bridgehead atoms. The zero-order chi connectivity index (χ0) is 15.6. The zero-order valence-electron chi connectivity index (χ0n) is 12.2. The SMILES string of the molecule is O=C(Nc1nc(-c2ccco2)c(-c2ccco2)s1)[C@@H]1CCCO1. The van der Waals surface area contributed by atoms with Crippen LogP contribution in [-0.2, 0) is 9.53 Å². The lowest BCUT2D eigenvalue weighted by Crippen LogP contribution is -2.26. The minimum absolute atomic E-state index is 0.159. The van der Waals surface area contributed by atoms with Crippen molar-refractivity contribution < 1.29 is 18.4 Å². The summed E-state index contributed by atoms with van der Waals surface area (Å²) < 4.78 is 16.3. The van der Waals surface area contributed by atoms with Crippen LogP contribution in [0.2, 0.25) is 0 Å². The number of nitrogens with zero attached hydrogens (tertiary/aromatic N) is 1. The van der Waals surface area contributed by atoms with Gasteiger partial charge in [0.1, 0.15) is 22.4 Å². The van der Waals surface area contributed by atoms with Gasteiger partial charge < -0.3 is 13.6 Å². The molecule has 4 heterocycles. The predicted octanol–water partition coefficient (Wildman–Crippen LogP) is 3.78. The summed E-state index contributed by atoms with van der Waals surface area (Å²) in [6.07, 6.45) is 4.45. The Bertz CT molecular complexity index is 735. The second kappa shape index (κ2) is 6.02. The van der Waals surface area contributed by atoms with E-state index in [1.165, 1.54) is 11.3 Å². The zero-order valence-corrected chi connectivity index (χ0v) is 13.0. The minimum Gasteiger partial charge on any atom is -0.463 e. The van der Waals surface area contributed by atoms with Crippen molar-refractivity contribution in [1.29, 1.82) is 0 Å². The average molecular weight is 330 g/mol. The van der Waals surface area contributed by atoms with Crippen molar-refractivity contribution in [2.75, 3.05) is 11.9 Å². The standard InChI is InChI=1S/C16H14N2O4S/c19-15(12-6-3-9-22-12)18-16-17-13(10-4-1-7-20-10)14(23-16)11-5-2-8-21-11/h1-2,4-5,7-8,12H,3,6,9H2,(H,17,18,19)/t12-/m0/s1. The monoisotopic (exact) mass is 330 g/mol. The number of nitrogens with one attached hydrogen (secondary N) is 1. The highest BCUT2D eigenvalue weighted by Crippen LogP contribution is 2.39. The van der Waals surface area contributed by atoms with E-state index in [1.807, 2.05) is 18.2 Å². The van der Waals surface area contributed by atoms with Crippen LogP contribution in [0.1, 0.15) is 12.8 Å². The number of aromatic nitrogens is 1. The first-order chi connectivity index (χ1) is 11.3. The van der Waals surface area contributed by atoms with Crippen molar-refractivity contribution >= 4 is 22.4 Å². The fourth-order valence-corrected chi connectivity index (χ4v) is 3.44. The smallest absolute Gasteiger partial charge is 0.255 e. The number of hydrogen-bond donors (Lipinski definition) is 1. The van der Waals surface area contributed by atoms with Crippen molar-refractivity contribution in [3.8, 4) is 22.1 Å². The van der Waals surface area contributed by atoms with Gasteiger partial charge in [0.25, 0.3) is 5.91 Å². The van der Waals surface area contributed by atoms with Gasteiger partial charge in [-0.3, -0.25) is 10.1 Å². The Labute approximate surface area is 136 Å². The molecule has 4 rings (SSSR count). The van der Waals surface area contributed by atoms with Crippen molar-refractivity contribution in [2.24, 2.45) is 0 Å². The van der Waals surface area contributed by atoms with Crippen LogP contribution in [0.5, 0.6) is 0 Å². The van der Waals surface area contributed by atoms with Gasteiger partial charge in [-0.25, -0.2) is 4.98 Å². The molecule has 0 aliphatic carbocycles. The van der Waals surface area contributed by atoms with Gasteiger partial charge >= 0.3 is 0 Å².